The van der Waals surface area contributed by atoms with E-state index in [1.165, 1.54) is 4.90 Å². The summed E-state index contributed by atoms with van der Waals surface area (Å²) < 4.78 is 23.2. The molecule has 1 heterocycles. The zero-order valence-corrected chi connectivity index (χ0v) is 13.5. The van der Waals surface area contributed by atoms with Gasteiger partial charge in [-0.05, 0) is 45.4 Å². The van der Waals surface area contributed by atoms with Gasteiger partial charge in [0.05, 0.1) is 10.7 Å². The number of aliphatic carboxylic acids is 1. The second-order valence-electron chi connectivity index (χ2n) is 7.12. The van der Waals surface area contributed by atoms with Gasteiger partial charge in [0.25, 0.3) is 0 Å². The molecule has 0 radical (unpaired) electrons. The van der Waals surface area contributed by atoms with Crippen LogP contribution in [0.1, 0.15) is 33.6 Å². The fraction of sp³-hybridized carbons (Fsp3) is 0.857. The van der Waals surface area contributed by atoms with Crippen molar-refractivity contribution in [1.82, 2.24) is 4.90 Å². The fourth-order valence-electron chi connectivity index (χ4n) is 2.77. The van der Waals surface area contributed by atoms with E-state index >= 15 is 0 Å². The number of rotatable bonds is 4. The maximum atomic E-state index is 12.2. The molecule has 2 rings (SSSR count). The smallest absolute Gasteiger partial charge is 0.308 e. The molecule has 0 bridgehead atoms. The predicted octanol–water partition coefficient (Wildman–Crippen LogP) is 0.769. The maximum Gasteiger partial charge on any atom is 0.308 e. The first kappa shape index (κ1) is 16.3. The first-order chi connectivity index (χ1) is 9.53. The van der Waals surface area contributed by atoms with Crippen LogP contribution in [0, 0.1) is 17.8 Å². The Morgan fingerprint density at radius 2 is 1.76 bits per heavy atom. The highest BCUT2D eigenvalue weighted by Gasteiger charge is 2.47. The molecule has 2 atom stereocenters. The Kier molecular flexibility index (Phi) is 4.08. The molecule has 21 heavy (non-hydrogen) atoms. The first-order valence-electron chi connectivity index (χ1n) is 7.26. The van der Waals surface area contributed by atoms with Crippen molar-refractivity contribution in [3.05, 3.63) is 0 Å². The van der Waals surface area contributed by atoms with Gasteiger partial charge < -0.3 is 10.0 Å². The van der Waals surface area contributed by atoms with Gasteiger partial charge in [-0.25, -0.2) is 8.42 Å². The molecule has 0 aromatic heterocycles. The third kappa shape index (κ3) is 3.39. The molecule has 0 unspecified atom stereocenters. The van der Waals surface area contributed by atoms with Crippen LogP contribution in [-0.2, 0) is 19.4 Å². The van der Waals surface area contributed by atoms with Gasteiger partial charge in [-0.3, -0.25) is 9.59 Å². The van der Waals surface area contributed by atoms with Crippen molar-refractivity contribution in [1.29, 1.82) is 0 Å². The third-order valence-corrected chi connectivity index (χ3v) is 7.00. The lowest BCUT2D eigenvalue weighted by Crippen LogP contribution is -2.40. The number of amides is 1. The molecule has 1 amide bonds. The van der Waals surface area contributed by atoms with Crippen molar-refractivity contribution in [2.24, 2.45) is 17.8 Å². The van der Waals surface area contributed by atoms with Gasteiger partial charge in [-0.1, -0.05) is 0 Å². The lowest BCUT2D eigenvalue weighted by molar-refractivity contribution is -0.142. The molecule has 120 valence electrons. The fourth-order valence-corrected chi connectivity index (χ4v) is 3.71. The van der Waals surface area contributed by atoms with Gasteiger partial charge in [0.2, 0.25) is 5.91 Å². The lowest BCUT2D eigenvalue weighted by Gasteiger charge is -2.22. The monoisotopic (exact) mass is 317 g/mol. The van der Waals surface area contributed by atoms with E-state index in [1.807, 2.05) is 0 Å². The molecule has 0 aromatic carbocycles. The standard InChI is InChI=1S/C14H23NO5S/c1-14(2,3)21(19,20)8-12(16)15-6-10(9-4-5-9)11(7-15)13(17)18/h9-11H,4-8H2,1-3H3,(H,17,18)/t10-,11+/m1/s1. The van der Waals surface area contributed by atoms with Crippen molar-refractivity contribution >= 4 is 21.7 Å². The minimum absolute atomic E-state index is 0.0243. The summed E-state index contributed by atoms with van der Waals surface area (Å²) in [6, 6.07) is 0. The second kappa shape index (κ2) is 5.26. The first-order valence-corrected chi connectivity index (χ1v) is 8.91. The van der Waals surface area contributed by atoms with Gasteiger partial charge in [-0.15, -0.1) is 0 Å². The summed E-state index contributed by atoms with van der Waals surface area (Å²) in [5.41, 5.74) is 0. The summed E-state index contributed by atoms with van der Waals surface area (Å²) in [7, 11) is -3.53. The maximum absolute atomic E-state index is 12.2. The van der Waals surface area contributed by atoms with Crippen LogP contribution in [0.2, 0.25) is 0 Å². The molecule has 7 heteroatoms. The van der Waals surface area contributed by atoms with E-state index in [0.29, 0.717) is 12.5 Å². The molecule has 1 aliphatic heterocycles. The van der Waals surface area contributed by atoms with Crippen molar-refractivity contribution < 1.29 is 23.1 Å². The second-order valence-corrected chi connectivity index (χ2v) is 9.86. The average molecular weight is 317 g/mol. The van der Waals surface area contributed by atoms with E-state index in [4.69, 9.17) is 0 Å². The highest BCUT2D eigenvalue weighted by molar-refractivity contribution is 7.93. The molecule has 1 saturated carbocycles. The number of hydrogen-bond acceptors (Lipinski definition) is 4. The Balaban J connectivity index is 2.06. The van der Waals surface area contributed by atoms with Crippen molar-refractivity contribution in [2.75, 3.05) is 18.8 Å². The molecule has 2 fully saturated rings. The van der Waals surface area contributed by atoms with E-state index in [9.17, 15) is 23.1 Å². The minimum atomic E-state index is -3.53. The molecular weight excluding hydrogens is 294 g/mol. The number of carbonyl (C=O) groups excluding carboxylic acids is 1. The number of carboxylic acids is 1. The minimum Gasteiger partial charge on any atom is -0.481 e. The van der Waals surface area contributed by atoms with Crippen LogP contribution in [-0.4, -0.2) is 53.9 Å². The zero-order chi connectivity index (χ0) is 16.0. The molecule has 0 aromatic rings. The Hall–Kier alpha value is -1.11. The Morgan fingerprint density at radius 1 is 1.19 bits per heavy atom. The van der Waals surface area contributed by atoms with Crippen molar-refractivity contribution in [2.45, 2.75) is 38.4 Å². The van der Waals surface area contributed by atoms with Gasteiger partial charge in [0.1, 0.15) is 5.75 Å². The Labute approximate surface area is 125 Å². The normalized spacial score (nSPS) is 26.9. The molecule has 6 nitrogen and oxygen atoms in total. The molecular formula is C14H23NO5S. The van der Waals surface area contributed by atoms with Crippen molar-refractivity contribution in [3.8, 4) is 0 Å². The highest BCUT2D eigenvalue weighted by Crippen LogP contribution is 2.44. The van der Waals surface area contributed by atoms with Crippen LogP contribution < -0.4 is 0 Å². The van der Waals surface area contributed by atoms with Gasteiger partial charge in [0, 0.05) is 13.1 Å². The van der Waals surface area contributed by atoms with Crippen molar-refractivity contribution in [3.63, 3.8) is 0 Å². The number of nitrogens with zero attached hydrogens (tertiary/aromatic N) is 1. The molecule has 1 aliphatic carbocycles. The third-order valence-electron chi connectivity index (χ3n) is 4.51. The van der Waals surface area contributed by atoms with Crippen LogP contribution in [0.3, 0.4) is 0 Å². The summed E-state index contributed by atoms with van der Waals surface area (Å²) in [5, 5.41) is 9.27. The van der Waals surface area contributed by atoms with Gasteiger partial charge >= 0.3 is 5.97 Å². The topological polar surface area (TPSA) is 91.8 Å². The SMILES string of the molecule is CC(C)(C)S(=O)(=O)CC(=O)N1C[C@H](C(=O)O)[C@@H](C2CC2)C1. The Bertz CT molecular complexity index is 544. The number of sulfone groups is 1. The number of likely N-dealkylation sites (tertiary alicyclic amines) is 1. The van der Waals surface area contributed by atoms with Crippen LogP contribution in [0.4, 0.5) is 0 Å². The van der Waals surface area contributed by atoms with E-state index < -0.39 is 38.1 Å². The van der Waals surface area contributed by atoms with Crippen LogP contribution in [0.5, 0.6) is 0 Å². The number of hydrogen-bond donors (Lipinski definition) is 1. The van der Waals surface area contributed by atoms with E-state index in [2.05, 4.69) is 0 Å². The van der Waals surface area contributed by atoms with E-state index in [0.717, 1.165) is 12.8 Å². The number of carbonyl (C=O) groups is 2. The molecule has 0 spiro atoms. The van der Waals surface area contributed by atoms with E-state index in [1.54, 1.807) is 20.8 Å². The van der Waals surface area contributed by atoms with Crippen LogP contribution in [0.15, 0.2) is 0 Å². The van der Waals surface area contributed by atoms with Gasteiger partial charge in [0.15, 0.2) is 9.84 Å². The predicted molar refractivity (Wildman–Crippen MR) is 77.5 cm³/mol. The summed E-state index contributed by atoms with van der Waals surface area (Å²) >= 11 is 0. The highest BCUT2D eigenvalue weighted by atomic mass is 32.2. The molecule has 1 saturated heterocycles. The molecule has 2 aliphatic rings. The van der Waals surface area contributed by atoms with Crippen LogP contribution >= 0.6 is 0 Å². The summed E-state index contributed by atoms with van der Waals surface area (Å²) in [5.74, 6) is -2.11. The lowest BCUT2D eigenvalue weighted by atomic mass is 9.92. The van der Waals surface area contributed by atoms with Gasteiger partial charge in [-0.2, -0.15) is 0 Å². The Morgan fingerprint density at radius 3 is 2.19 bits per heavy atom. The summed E-state index contributed by atoms with van der Waals surface area (Å²) in [6.07, 6.45) is 2.02. The van der Waals surface area contributed by atoms with Crippen LogP contribution in [0.25, 0.3) is 0 Å². The zero-order valence-electron chi connectivity index (χ0n) is 12.7. The summed E-state index contributed by atoms with van der Waals surface area (Å²) in [6.45, 7) is 5.20. The molecule has 1 N–H and O–H groups in total. The average Bonchev–Trinajstić information content (AvgIpc) is 3.05. The number of carboxylic acid groups (broad SMARTS) is 1. The quantitative estimate of drug-likeness (QED) is 0.827. The largest absolute Gasteiger partial charge is 0.481 e. The summed E-state index contributed by atoms with van der Waals surface area (Å²) in [4.78, 5) is 24.9. The van der Waals surface area contributed by atoms with E-state index in [-0.39, 0.29) is 12.5 Å².